The average molecular weight is 247 g/mol. The average Bonchev–Trinajstić information content (AvgIpc) is 2.19. The fourth-order valence-corrected chi connectivity index (χ4v) is 1.63. The number of alkyl halides is 2. The van der Waals surface area contributed by atoms with Gasteiger partial charge in [0.05, 0.1) is 7.11 Å². The molecule has 0 spiro atoms. The first-order valence-corrected chi connectivity index (χ1v) is 5.32. The van der Waals surface area contributed by atoms with Gasteiger partial charge in [0, 0.05) is 5.56 Å². The fraction of sp³-hybridized carbons (Fsp3) is 0.364. The fourth-order valence-electron chi connectivity index (χ4n) is 1.39. The lowest BCUT2D eigenvalue weighted by Gasteiger charge is -2.10. The molecule has 4 heteroatoms. The summed E-state index contributed by atoms with van der Waals surface area (Å²) in [5, 5.41) is 0. The van der Waals surface area contributed by atoms with Crippen molar-refractivity contribution in [2.75, 3.05) is 7.11 Å². The first-order chi connectivity index (χ1) is 6.97. The third-order valence-electron chi connectivity index (χ3n) is 2.21. The number of carbonyl (C=O) groups excluding carboxylic acids is 1. The molecule has 0 amide bonds. The van der Waals surface area contributed by atoms with Gasteiger partial charge < -0.3 is 4.74 Å². The maximum atomic E-state index is 11.6. The Kier molecular flexibility index (Phi) is 4.00. The van der Waals surface area contributed by atoms with Crippen LogP contribution in [0, 0.1) is 13.8 Å². The molecule has 0 N–H and O–H groups in total. The quantitative estimate of drug-likeness (QED) is 0.605. The van der Waals surface area contributed by atoms with E-state index in [-0.39, 0.29) is 5.78 Å². The summed E-state index contributed by atoms with van der Waals surface area (Å²) >= 11 is 11.1. The molecule has 0 aliphatic carbocycles. The minimum atomic E-state index is -1.02. The van der Waals surface area contributed by atoms with Crippen molar-refractivity contribution in [3.8, 4) is 5.75 Å². The van der Waals surface area contributed by atoms with E-state index in [0.717, 1.165) is 16.9 Å². The minimum Gasteiger partial charge on any atom is -0.496 e. The highest BCUT2D eigenvalue weighted by atomic mass is 35.5. The predicted octanol–water partition coefficient (Wildman–Crippen LogP) is 3.30. The zero-order valence-electron chi connectivity index (χ0n) is 8.80. The number of benzene rings is 1. The normalized spacial score (nSPS) is 10.5. The van der Waals surface area contributed by atoms with Crippen LogP contribution in [0.15, 0.2) is 12.1 Å². The van der Waals surface area contributed by atoms with Crippen LogP contribution in [-0.2, 0) is 0 Å². The molecule has 0 saturated heterocycles. The number of Topliss-reactive ketones (excluding diaryl/α,β-unsaturated/α-hetero) is 1. The number of ketones is 1. The molecular weight excluding hydrogens is 235 g/mol. The number of hydrogen-bond donors (Lipinski definition) is 0. The van der Waals surface area contributed by atoms with Crippen LogP contribution in [0.1, 0.15) is 21.5 Å². The van der Waals surface area contributed by atoms with Gasteiger partial charge in [-0.1, -0.05) is 23.2 Å². The Balaban J connectivity index is 3.22. The number of aryl methyl sites for hydroxylation is 2. The zero-order valence-corrected chi connectivity index (χ0v) is 10.3. The molecule has 0 radical (unpaired) electrons. The Morgan fingerprint density at radius 1 is 1.27 bits per heavy atom. The number of halogens is 2. The lowest BCUT2D eigenvalue weighted by molar-refractivity contribution is 0.101. The van der Waals surface area contributed by atoms with Crippen LogP contribution in [0.4, 0.5) is 0 Å². The van der Waals surface area contributed by atoms with E-state index >= 15 is 0 Å². The molecule has 0 aliphatic rings. The van der Waals surface area contributed by atoms with Gasteiger partial charge >= 0.3 is 0 Å². The second-order valence-electron chi connectivity index (χ2n) is 3.30. The Labute approximate surface area is 99.1 Å². The lowest BCUT2D eigenvalue weighted by atomic mass is 10.0. The van der Waals surface area contributed by atoms with Gasteiger partial charge in [-0.3, -0.25) is 4.79 Å². The van der Waals surface area contributed by atoms with E-state index in [9.17, 15) is 4.79 Å². The third kappa shape index (κ3) is 2.64. The molecule has 0 fully saturated rings. The van der Waals surface area contributed by atoms with E-state index in [2.05, 4.69) is 0 Å². The van der Waals surface area contributed by atoms with Crippen LogP contribution < -0.4 is 4.74 Å². The van der Waals surface area contributed by atoms with Crippen molar-refractivity contribution in [2.45, 2.75) is 18.7 Å². The van der Waals surface area contributed by atoms with Crippen molar-refractivity contribution in [3.05, 3.63) is 28.8 Å². The highest BCUT2D eigenvalue weighted by Gasteiger charge is 2.17. The van der Waals surface area contributed by atoms with Gasteiger partial charge in [0.15, 0.2) is 10.6 Å². The maximum absolute atomic E-state index is 11.6. The van der Waals surface area contributed by atoms with Crippen LogP contribution in [-0.4, -0.2) is 17.7 Å². The SMILES string of the molecule is COc1cc(C)c(C(=O)C(Cl)Cl)cc1C. The number of hydrogen-bond acceptors (Lipinski definition) is 2. The molecule has 1 rings (SSSR count). The van der Waals surface area contributed by atoms with Gasteiger partial charge in [-0.15, -0.1) is 0 Å². The van der Waals surface area contributed by atoms with Crippen LogP contribution >= 0.6 is 23.2 Å². The van der Waals surface area contributed by atoms with E-state index in [1.807, 2.05) is 13.8 Å². The van der Waals surface area contributed by atoms with Gasteiger partial charge in [0.2, 0.25) is 0 Å². The predicted molar refractivity (Wildman–Crippen MR) is 62.3 cm³/mol. The number of ether oxygens (including phenoxy) is 1. The molecule has 0 unspecified atom stereocenters. The molecule has 0 aromatic heterocycles. The first-order valence-electron chi connectivity index (χ1n) is 4.45. The van der Waals surface area contributed by atoms with E-state index in [0.29, 0.717) is 5.56 Å². The third-order valence-corrected chi connectivity index (χ3v) is 2.60. The molecule has 0 heterocycles. The molecule has 2 nitrogen and oxygen atoms in total. The summed E-state index contributed by atoms with van der Waals surface area (Å²) in [5.41, 5.74) is 2.25. The summed E-state index contributed by atoms with van der Waals surface area (Å²) in [6.45, 7) is 3.69. The van der Waals surface area contributed by atoms with Gasteiger partial charge in [0.1, 0.15) is 5.75 Å². The molecule has 15 heavy (non-hydrogen) atoms. The number of carbonyl (C=O) groups is 1. The van der Waals surface area contributed by atoms with Crippen LogP contribution in [0.25, 0.3) is 0 Å². The van der Waals surface area contributed by atoms with Crippen molar-refractivity contribution in [2.24, 2.45) is 0 Å². The zero-order chi connectivity index (χ0) is 11.6. The number of rotatable bonds is 3. The van der Waals surface area contributed by atoms with Gasteiger partial charge in [-0.05, 0) is 37.1 Å². The van der Waals surface area contributed by atoms with Crippen LogP contribution in [0.3, 0.4) is 0 Å². The van der Waals surface area contributed by atoms with Gasteiger partial charge in [-0.2, -0.15) is 0 Å². The van der Waals surface area contributed by atoms with Crippen LogP contribution in [0.2, 0.25) is 0 Å². The van der Waals surface area contributed by atoms with Crippen molar-refractivity contribution in [1.82, 2.24) is 0 Å². The molecule has 0 saturated carbocycles. The summed E-state index contributed by atoms with van der Waals surface area (Å²) in [7, 11) is 1.59. The van der Waals surface area contributed by atoms with Crippen molar-refractivity contribution in [1.29, 1.82) is 0 Å². The molecular formula is C11H12Cl2O2. The van der Waals surface area contributed by atoms with Gasteiger partial charge in [0.25, 0.3) is 0 Å². The van der Waals surface area contributed by atoms with E-state index in [1.54, 1.807) is 19.2 Å². The van der Waals surface area contributed by atoms with Crippen molar-refractivity contribution >= 4 is 29.0 Å². The van der Waals surface area contributed by atoms with Crippen LogP contribution in [0.5, 0.6) is 5.75 Å². The Hall–Kier alpha value is -0.730. The minimum absolute atomic E-state index is 0.276. The molecule has 1 aromatic carbocycles. The Morgan fingerprint density at radius 2 is 1.87 bits per heavy atom. The summed E-state index contributed by atoms with van der Waals surface area (Å²) in [6.07, 6.45) is 0. The van der Waals surface area contributed by atoms with E-state index in [1.165, 1.54) is 0 Å². The van der Waals surface area contributed by atoms with E-state index in [4.69, 9.17) is 27.9 Å². The van der Waals surface area contributed by atoms with Crippen molar-refractivity contribution in [3.63, 3.8) is 0 Å². The summed E-state index contributed by atoms with van der Waals surface area (Å²) < 4.78 is 5.14. The highest BCUT2D eigenvalue weighted by molar-refractivity contribution is 6.55. The summed E-state index contributed by atoms with van der Waals surface area (Å²) in [5.74, 6) is 0.478. The summed E-state index contributed by atoms with van der Waals surface area (Å²) in [4.78, 5) is 10.6. The second-order valence-corrected chi connectivity index (χ2v) is 4.40. The number of methoxy groups -OCH3 is 1. The Bertz CT molecular complexity index is 386. The Morgan fingerprint density at radius 3 is 2.33 bits per heavy atom. The topological polar surface area (TPSA) is 26.3 Å². The van der Waals surface area contributed by atoms with Gasteiger partial charge in [-0.25, -0.2) is 0 Å². The first kappa shape index (κ1) is 12.3. The molecule has 82 valence electrons. The second kappa shape index (κ2) is 4.86. The molecule has 0 aliphatic heterocycles. The van der Waals surface area contributed by atoms with Crippen molar-refractivity contribution < 1.29 is 9.53 Å². The lowest BCUT2D eigenvalue weighted by Crippen LogP contribution is -2.10. The monoisotopic (exact) mass is 246 g/mol. The van der Waals surface area contributed by atoms with E-state index < -0.39 is 4.84 Å². The summed E-state index contributed by atoms with van der Waals surface area (Å²) in [6, 6.07) is 3.55. The largest absolute Gasteiger partial charge is 0.496 e. The maximum Gasteiger partial charge on any atom is 0.195 e. The molecule has 0 atom stereocenters. The standard InChI is InChI=1S/C11H12Cl2O2/c1-6-5-9(15-3)7(2)4-8(6)10(14)11(12)13/h4-5,11H,1-3H3. The molecule has 1 aromatic rings. The molecule has 0 bridgehead atoms. The smallest absolute Gasteiger partial charge is 0.195 e. The highest BCUT2D eigenvalue weighted by Crippen LogP contribution is 2.24.